The van der Waals surface area contributed by atoms with Crippen molar-refractivity contribution in [1.29, 1.82) is 0 Å². The standard InChI is InChI=1S/C18H21ClN2O/c19-15-8-4-7-13-14-11-21(10-9-16(14)20-17(13)15)18(22)12-5-2-1-3-6-12/h4,7-8,12,20H,1-3,5-6,9-11H2. The highest BCUT2D eigenvalue weighted by Gasteiger charge is 2.29. The predicted octanol–water partition coefficient (Wildman–Crippen LogP) is 4.29. The van der Waals surface area contributed by atoms with Crippen molar-refractivity contribution < 1.29 is 4.79 Å². The van der Waals surface area contributed by atoms with Crippen molar-refractivity contribution in [2.75, 3.05) is 6.54 Å². The number of aromatic nitrogens is 1. The summed E-state index contributed by atoms with van der Waals surface area (Å²) in [5, 5.41) is 1.93. The second-order valence-corrected chi connectivity index (χ2v) is 7.00. The lowest BCUT2D eigenvalue weighted by Crippen LogP contribution is -2.40. The zero-order valence-corrected chi connectivity index (χ0v) is 13.5. The highest BCUT2D eigenvalue weighted by molar-refractivity contribution is 6.35. The van der Waals surface area contributed by atoms with Crippen LogP contribution in [0.2, 0.25) is 5.02 Å². The summed E-state index contributed by atoms with van der Waals surface area (Å²) in [4.78, 5) is 18.3. The summed E-state index contributed by atoms with van der Waals surface area (Å²) in [6, 6.07) is 6.00. The summed E-state index contributed by atoms with van der Waals surface area (Å²) in [6.45, 7) is 1.55. The first-order chi connectivity index (χ1) is 10.7. The number of benzene rings is 1. The Bertz CT molecular complexity index is 715. The van der Waals surface area contributed by atoms with E-state index in [1.807, 2.05) is 12.1 Å². The van der Waals surface area contributed by atoms with Crippen LogP contribution < -0.4 is 0 Å². The topological polar surface area (TPSA) is 36.1 Å². The van der Waals surface area contributed by atoms with Crippen LogP contribution in [0, 0.1) is 5.92 Å². The molecule has 0 bridgehead atoms. The number of aromatic amines is 1. The predicted molar refractivity (Wildman–Crippen MR) is 89.0 cm³/mol. The van der Waals surface area contributed by atoms with Gasteiger partial charge in [0.05, 0.1) is 10.5 Å². The Balaban J connectivity index is 1.62. The third-order valence-corrected chi connectivity index (χ3v) is 5.54. The van der Waals surface area contributed by atoms with Gasteiger partial charge in [-0.2, -0.15) is 0 Å². The molecule has 2 heterocycles. The molecule has 0 spiro atoms. The largest absolute Gasteiger partial charge is 0.357 e. The number of carbonyl (C=O) groups is 1. The lowest BCUT2D eigenvalue weighted by molar-refractivity contribution is -0.137. The Morgan fingerprint density at radius 1 is 1.23 bits per heavy atom. The van der Waals surface area contributed by atoms with Gasteiger partial charge in [0.1, 0.15) is 0 Å². The molecule has 2 aliphatic rings. The molecule has 2 aromatic rings. The van der Waals surface area contributed by atoms with Crippen LogP contribution in [-0.4, -0.2) is 22.3 Å². The number of hydrogen-bond acceptors (Lipinski definition) is 1. The Hall–Kier alpha value is -1.48. The third kappa shape index (κ3) is 2.32. The van der Waals surface area contributed by atoms with E-state index in [0.717, 1.165) is 42.9 Å². The average molecular weight is 317 g/mol. The second kappa shape index (κ2) is 5.62. The van der Waals surface area contributed by atoms with Crippen molar-refractivity contribution in [3.63, 3.8) is 0 Å². The molecule has 0 saturated heterocycles. The first-order valence-electron chi connectivity index (χ1n) is 8.31. The van der Waals surface area contributed by atoms with Gasteiger partial charge in [0.25, 0.3) is 0 Å². The fourth-order valence-electron chi connectivity index (χ4n) is 4.00. The van der Waals surface area contributed by atoms with Gasteiger partial charge >= 0.3 is 0 Å². The third-order valence-electron chi connectivity index (χ3n) is 5.23. The van der Waals surface area contributed by atoms with Crippen LogP contribution in [0.5, 0.6) is 0 Å². The Kier molecular flexibility index (Phi) is 3.61. The van der Waals surface area contributed by atoms with E-state index in [4.69, 9.17) is 11.6 Å². The molecule has 1 aliphatic carbocycles. The number of fused-ring (bicyclic) bond motifs is 3. The van der Waals surface area contributed by atoms with Crippen LogP contribution in [0.3, 0.4) is 0 Å². The number of para-hydroxylation sites is 1. The van der Waals surface area contributed by atoms with Gasteiger partial charge in [-0.15, -0.1) is 0 Å². The molecular weight excluding hydrogens is 296 g/mol. The number of carbonyl (C=O) groups excluding carboxylic acids is 1. The summed E-state index contributed by atoms with van der Waals surface area (Å²) >= 11 is 6.29. The zero-order chi connectivity index (χ0) is 15.1. The molecule has 1 fully saturated rings. The SMILES string of the molecule is O=C(C1CCCCC1)N1CCc2[nH]c3c(Cl)cccc3c2C1. The summed E-state index contributed by atoms with van der Waals surface area (Å²) < 4.78 is 0. The number of nitrogens with one attached hydrogen (secondary N) is 1. The second-order valence-electron chi connectivity index (χ2n) is 6.59. The maximum absolute atomic E-state index is 12.8. The van der Waals surface area contributed by atoms with Crippen LogP contribution in [0.4, 0.5) is 0 Å². The molecule has 1 aromatic heterocycles. The normalized spacial score (nSPS) is 19.4. The van der Waals surface area contributed by atoms with Gasteiger partial charge in [-0.1, -0.05) is 43.0 Å². The fraction of sp³-hybridized carbons (Fsp3) is 0.500. The van der Waals surface area contributed by atoms with Crippen LogP contribution in [0.25, 0.3) is 10.9 Å². The first-order valence-corrected chi connectivity index (χ1v) is 8.68. The van der Waals surface area contributed by atoms with Gasteiger partial charge in [0, 0.05) is 42.1 Å². The molecule has 1 saturated carbocycles. The minimum Gasteiger partial charge on any atom is -0.357 e. The van der Waals surface area contributed by atoms with Crippen LogP contribution in [-0.2, 0) is 17.8 Å². The van der Waals surface area contributed by atoms with E-state index in [9.17, 15) is 4.79 Å². The first kappa shape index (κ1) is 14.1. The van der Waals surface area contributed by atoms with Gasteiger partial charge in [0.2, 0.25) is 5.91 Å². The van der Waals surface area contributed by atoms with Crippen molar-refractivity contribution in [2.45, 2.75) is 45.1 Å². The van der Waals surface area contributed by atoms with E-state index in [2.05, 4.69) is 16.0 Å². The molecule has 0 unspecified atom stereocenters. The molecule has 1 amide bonds. The minimum atomic E-state index is 0.254. The van der Waals surface area contributed by atoms with Gasteiger partial charge < -0.3 is 9.88 Å². The molecule has 1 N–H and O–H groups in total. The zero-order valence-electron chi connectivity index (χ0n) is 12.7. The summed E-state index contributed by atoms with van der Waals surface area (Å²) in [5.41, 5.74) is 3.52. The summed E-state index contributed by atoms with van der Waals surface area (Å²) in [7, 11) is 0. The average Bonchev–Trinajstić information content (AvgIpc) is 2.94. The molecule has 1 aliphatic heterocycles. The number of amides is 1. The molecule has 1 aromatic carbocycles. The number of rotatable bonds is 1. The van der Waals surface area contributed by atoms with Crippen LogP contribution in [0.1, 0.15) is 43.4 Å². The smallest absolute Gasteiger partial charge is 0.225 e. The van der Waals surface area contributed by atoms with Crippen LogP contribution >= 0.6 is 11.6 Å². The number of nitrogens with zero attached hydrogens (tertiary/aromatic N) is 1. The Morgan fingerprint density at radius 3 is 2.86 bits per heavy atom. The summed E-state index contributed by atoms with van der Waals surface area (Å²) in [6.07, 6.45) is 6.74. The molecule has 4 rings (SSSR count). The van der Waals surface area contributed by atoms with Crippen molar-refractivity contribution in [3.05, 3.63) is 34.5 Å². The van der Waals surface area contributed by atoms with E-state index in [1.165, 1.54) is 35.9 Å². The molecule has 22 heavy (non-hydrogen) atoms. The van der Waals surface area contributed by atoms with E-state index >= 15 is 0 Å². The highest BCUT2D eigenvalue weighted by Crippen LogP contribution is 2.33. The van der Waals surface area contributed by atoms with Gasteiger partial charge in [-0.3, -0.25) is 4.79 Å². The molecule has 0 atom stereocenters. The number of hydrogen-bond donors (Lipinski definition) is 1. The van der Waals surface area contributed by atoms with Gasteiger partial charge in [0.15, 0.2) is 0 Å². The van der Waals surface area contributed by atoms with E-state index in [1.54, 1.807) is 0 Å². The molecule has 4 heteroatoms. The van der Waals surface area contributed by atoms with Crippen molar-refractivity contribution in [1.82, 2.24) is 9.88 Å². The van der Waals surface area contributed by atoms with E-state index in [-0.39, 0.29) is 5.92 Å². The quantitative estimate of drug-likeness (QED) is 0.837. The molecule has 0 radical (unpaired) electrons. The lowest BCUT2D eigenvalue weighted by Gasteiger charge is -2.32. The van der Waals surface area contributed by atoms with Crippen LogP contribution in [0.15, 0.2) is 18.2 Å². The molecule has 116 valence electrons. The number of halogens is 1. The molecule has 3 nitrogen and oxygen atoms in total. The van der Waals surface area contributed by atoms with Crippen molar-refractivity contribution >= 4 is 28.4 Å². The van der Waals surface area contributed by atoms with Crippen molar-refractivity contribution in [3.8, 4) is 0 Å². The monoisotopic (exact) mass is 316 g/mol. The Morgan fingerprint density at radius 2 is 2.05 bits per heavy atom. The number of H-pyrrole nitrogens is 1. The lowest BCUT2D eigenvalue weighted by atomic mass is 9.87. The minimum absolute atomic E-state index is 0.254. The molecular formula is C18H21ClN2O. The summed E-state index contributed by atoms with van der Waals surface area (Å²) in [5.74, 6) is 0.617. The van der Waals surface area contributed by atoms with E-state index in [0.29, 0.717) is 5.91 Å². The van der Waals surface area contributed by atoms with Gasteiger partial charge in [-0.25, -0.2) is 0 Å². The maximum atomic E-state index is 12.8. The van der Waals surface area contributed by atoms with Gasteiger partial charge in [-0.05, 0) is 18.9 Å². The Labute approximate surface area is 135 Å². The van der Waals surface area contributed by atoms with Crippen molar-refractivity contribution in [2.24, 2.45) is 5.92 Å². The maximum Gasteiger partial charge on any atom is 0.225 e. The fourth-order valence-corrected chi connectivity index (χ4v) is 4.22. The highest BCUT2D eigenvalue weighted by atomic mass is 35.5. The van der Waals surface area contributed by atoms with E-state index < -0.39 is 0 Å².